The maximum absolute atomic E-state index is 11.2. The number of aryl methyl sites for hydroxylation is 1. The number of hydrogen-bond acceptors (Lipinski definition) is 5. The Morgan fingerprint density at radius 3 is 3.00 bits per heavy atom. The third-order valence-electron chi connectivity index (χ3n) is 2.92. The highest BCUT2D eigenvalue weighted by molar-refractivity contribution is 5.78. The lowest BCUT2D eigenvalue weighted by Crippen LogP contribution is -2.37. The lowest BCUT2D eigenvalue weighted by molar-refractivity contribution is -0.138. The van der Waals surface area contributed by atoms with E-state index in [4.69, 9.17) is 4.74 Å². The topological polar surface area (TPSA) is 75.6 Å². The van der Waals surface area contributed by atoms with Gasteiger partial charge in [0.25, 0.3) is 0 Å². The fraction of sp³-hybridized carbons (Fsp3) is 0.545. The van der Waals surface area contributed by atoms with Crippen LogP contribution in [-0.4, -0.2) is 46.8 Å². The third-order valence-corrected chi connectivity index (χ3v) is 2.92. The standard InChI is InChI=1S/C11H15N3O3/c1-7-3-4-12-11(13-7)14-6-8(17-2)5-9(14)10(15)16/h3-4,8-9H,5-6H2,1-2H3,(H,15,16). The molecular weight excluding hydrogens is 222 g/mol. The van der Waals surface area contributed by atoms with Crippen LogP contribution in [0.1, 0.15) is 12.1 Å². The van der Waals surface area contributed by atoms with Crippen LogP contribution in [0.3, 0.4) is 0 Å². The second kappa shape index (κ2) is 4.67. The molecule has 2 unspecified atom stereocenters. The van der Waals surface area contributed by atoms with Gasteiger partial charge in [-0.15, -0.1) is 0 Å². The fourth-order valence-electron chi connectivity index (χ4n) is 2.00. The predicted octanol–water partition coefficient (Wildman–Crippen LogP) is 0.463. The second-order valence-electron chi connectivity index (χ2n) is 4.10. The summed E-state index contributed by atoms with van der Waals surface area (Å²) < 4.78 is 5.21. The molecular formula is C11H15N3O3. The first-order valence-electron chi connectivity index (χ1n) is 5.43. The number of aliphatic carboxylic acids is 1. The van der Waals surface area contributed by atoms with Gasteiger partial charge in [-0.2, -0.15) is 0 Å². The summed E-state index contributed by atoms with van der Waals surface area (Å²) in [5, 5.41) is 9.17. The molecule has 0 radical (unpaired) electrons. The molecule has 0 aliphatic carbocycles. The number of ether oxygens (including phenoxy) is 1. The van der Waals surface area contributed by atoms with Gasteiger partial charge in [0.05, 0.1) is 6.10 Å². The van der Waals surface area contributed by atoms with Crippen molar-refractivity contribution in [2.45, 2.75) is 25.5 Å². The summed E-state index contributed by atoms with van der Waals surface area (Å²) in [5.74, 6) is -0.411. The first kappa shape index (κ1) is 11.8. The summed E-state index contributed by atoms with van der Waals surface area (Å²) in [6.07, 6.45) is 2.01. The van der Waals surface area contributed by atoms with Crippen molar-refractivity contribution in [3.63, 3.8) is 0 Å². The first-order valence-corrected chi connectivity index (χ1v) is 5.43. The maximum atomic E-state index is 11.2. The quantitative estimate of drug-likeness (QED) is 0.823. The van der Waals surface area contributed by atoms with E-state index in [9.17, 15) is 9.90 Å². The van der Waals surface area contributed by atoms with E-state index in [0.29, 0.717) is 18.9 Å². The molecule has 2 atom stereocenters. The van der Waals surface area contributed by atoms with Crippen LogP contribution < -0.4 is 4.90 Å². The molecule has 92 valence electrons. The predicted molar refractivity (Wildman–Crippen MR) is 61.0 cm³/mol. The molecule has 2 rings (SSSR count). The molecule has 1 aromatic rings. The molecule has 6 heteroatoms. The van der Waals surface area contributed by atoms with Crippen molar-refractivity contribution in [2.24, 2.45) is 0 Å². The van der Waals surface area contributed by atoms with Gasteiger partial charge in [-0.1, -0.05) is 0 Å². The molecule has 0 amide bonds. The zero-order chi connectivity index (χ0) is 12.4. The molecule has 0 saturated carbocycles. The Labute approximate surface area is 99.2 Å². The number of anilines is 1. The average molecular weight is 237 g/mol. The van der Waals surface area contributed by atoms with Crippen molar-refractivity contribution in [2.75, 3.05) is 18.6 Å². The van der Waals surface area contributed by atoms with Gasteiger partial charge < -0.3 is 14.7 Å². The van der Waals surface area contributed by atoms with E-state index in [2.05, 4.69) is 9.97 Å². The van der Waals surface area contributed by atoms with Crippen molar-refractivity contribution >= 4 is 11.9 Å². The van der Waals surface area contributed by atoms with Crippen LogP contribution in [0, 0.1) is 6.92 Å². The lowest BCUT2D eigenvalue weighted by Gasteiger charge is -2.20. The number of carboxylic acid groups (broad SMARTS) is 1. The van der Waals surface area contributed by atoms with E-state index in [1.165, 1.54) is 0 Å². The summed E-state index contributed by atoms with van der Waals surface area (Å²) >= 11 is 0. The van der Waals surface area contributed by atoms with E-state index >= 15 is 0 Å². The number of carboxylic acids is 1. The SMILES string of the molecule is COC1CC(C(=O)O)N(c2nccc(C)n2)C1. The summed E-state index contributed by atoms with van der Waals surface area (Å²) in [4.78, 5) is 21.2. The lowest BCUT2D eigenvalue weighted by atomic mass is 10.2. The molecule has 1 aliphatic rings. The monoisotopic (exact) mass is 237 g/mol. The molecule has 1 aromatic heterocycles. The van der Waals surface area contributed by atoms with E-state index < -0.39 is 12.0 Å². The van der Waals surface area contributed by atoms with E-state index in [-0.39, 0.29) is 6.10 Å². The van der Waals surface area contributed by atoms with Crippen molar-refractivity contribution < 1.29 is 14.6 Å². The van der Waals surface area contributed by atoms with E-state index in [1.54, 1.807) is 24.3 Å². The summed E-state index contributed by atoms with van der Waals surface area (Å²) in [6.45, 7) is 2.36. The van der Waals surface area contributed by atoms with Gasteiger partial charge in [0.15, 0.2) is 0 Å². The molecule has 1 fully saturated rings. The van der Waals surface area contributed by atoms with Crippen LogP contribution in [0.25, 0.3) is 0 Å². The molecule has 1 N–H and O–H groups in total. The van der Waals surface area contributed by atoms with Crippen molar-refractivity contribution in [3.8, 4) is 0 Å². The number of hydrogen-bond donors (Lipinski definition) is 1. The van der Waals surface area contributed by atoms with Crippen molar-refractivity contribution in [1.29, 1.82) is 0 Å². The second-order valence-corrected chi connectivity index (χ2v) is 4.10. The highest BCUT2D eigenvalue weighted by Gasteiger charge is 2.38. The van der Waals surface area contributed by atoms with Gasteiger partial charge >= 0.3 is 5.97 Å². The number of rotatable bonds is 3. The Hall–Kier alpha value is -1.69. The minimum Gasteiger partial charge on any atom is -0.480 e. The van der Waals surface area contributed by atoms with Gasteiger partial charge in [0.1, 0.15) is 6.04 Å². The zero-order valence-electron chi connectivity index (χ0n) is 9.83. The molecule has 2 heterocycles. The highest BCUT2D eigenvalue weighted by Crippen LogP contribution is 2.24. The highest BCUT2D eigenvalue weighted by atomic mass is 16.5. The Kier molecular flexibility index (Phi) is 3.23. The number of nitrogens with zero attached hydrogens (tertiary/aromatic N) is 3. The normalized spacial score (nSPS) is 24.0. The molecule has 6 nitrogen and oxygen atoms in total. The molecule has 17 heavy (non-hydrogen) atoms. The zero-order valence-corrected chi connectivity index (χ0v) is 9.83. The number of methoxy groups -OCH3 is 1. The molecule has 1 aliphatic heterocycles. The minimum atomic E-state index is -0.866. The first-order chi connectivity index (χ1) is 8.11. The van der Waals surface area contributed by atoms with Gasteiger partial charge in [0.2, 0.25) is 5.95 Å². The summed E-state index contributed by atoms with van der Waals surface area (Å²) in [7, 11) is 1.59. The van der Waals surface area contributed by atoms with Gasteiger partial charge in [-0.3, -0.25) is 0 Å². The maximum Gasteiger partial charge on any atom is 0.326 e. The average Bonchev–Trinajstić information content (AvgIpc) is 2.73. The smallest absolute Gasteiger partial charge is 0.326 e. The van der Waals surface area contributed by atoms with Crippen molar-refractivity contribution in [1.82, 2.24) is 9.97 Å². The molecule has 0 aromatic carbocycles. The Bertz CT molecular complexity index is 424. The Morgan fingerprint density at radius 2 is 2.41 bits per heavy atom. The third kappa shape index (κ3) is 2.36. The summed E-state index contributed by atoms with van der Waals surface area (Å²) in [5.41, 5.74) is 0.819. The van der Waals surface area contributed by atoms with Crippen LogP contribution in [0.2, 0.25) is 0 Å². The van der Waals surface area contributed by atoms with Crippen LogP contribution in [0.5, 0.6) is 0 Å². The van der Waals surface area contributed by atoms with Gasteiger partial charge in [-0.05, 0) is 13.0 Å². The fourth-order valence-corrected chi connectivity index (χ4v) is 2.00. The van der Waals surface area contributed by atoms with Crippen LogP contribution >= 0.6 is 0 Å². The largest absolute Gasteiger partial charge is 0.480 e. The summed E-state index contributed by atoms with van der Waals surface area (Å²) in [6, 6.07) is 1.17. The van der Waals surface area contributed by atoms with Crippen LogP contribution in [0.15, 0.2) is 12.3 Å². The van der Waals surface area contributed by atoms with Gasteiger partial charge in [-0.25, -0.2) is 14.8 Å². The van der Waals surface area contributed by atoms with Crippen LogP contribution in [0.4, 0.5) is 5.95 Å². The van der Waals surface area contributed by atoms with Crippen LogP contribution in [-0.2, 0) is 9.53 Å². The number of carbonyl (C=O) groups is 1. The van der Waals surface area contributed by atoms with E-state index in [0.717, 1.165) is 5.69 Å². The molecule has 1 saturated heterocycles. The van der Waals surface area contributed by atoms with Gasteiger partial charge in [0, 0.05) is 32.0 Å². The Morgan fingerprint density at radius 1 is 1.65 bits per heavy atom. The molecule has 0 spiro atoms. The Balaban J connectivity index is 2.26. The number of aromatic nitrogens is 2. The molecule has 0 bridgehead atoms. The van der Waals surface area contributed by atoms with Crippen molar-refractivity contribution in [3.05, 3.63) is 18.0 Å². The minimum absolute atomic E-state index is 0.0831. The van der Waals surface area contributed by atoms with E-state index in [1.807, 2.05) is 6.92 Å².